The van der Waals surface area contributed by atoms with Gasteiger partial charge in [0.2, 0.25) is 15.9 Å². The van der Waals surface area contributed by atoms with Crippen LogP contribution >= 0.6 is 0 Å². The summed E-state index contributed by atoms with van der Waals surface area (Å²) in [5.74, 6) is 1.44. The van der Waals surface area contributed by atoms with E-state index < -0.39 is 10.0 Å². The molecular weight excluding hydrogens is 360 g/mol. The van der Waals surface area contributed by atoms with E-state index in [-0.39, 0.29) is 11.8 Å². The van der Waals surface area contributed by atoms with Crippen LogP contribution in [0.5, 0.6) is 0 Å². The second kappa shape index (κ2) is 7.55. The van der Waals surface area contributed by atoms with Gasteiger partial charge in [0.25, 0.3) is 0 Å². The molecular formula is C21H30N2O3S. The molecule has 2 aliphatic carbocycles. The number of nitrogens with zero attached hydrogens (tertiary/aromatic N) is 2. The van der Waals surface area contributed by atoms with Crippen molar-refractivity contribution in [2.45, 2.75) is 56.3 Å². The third-order valence-corrected chi connectivity index (χ3v) is 8.48. The van der Waals surface area contributed by atoms with Crippen LogP contribution in [0.25, 0.3) is 0 Å². The number of carbonyl (C=O) groups is 1. The fourth-order valence-electron chi connectivity index (χ4n) is 4.55. The number of amides is 1. The molecule has 1 aromatic carbocycles. The monoisotopic (exact) mass is 390 g/mol. The van der Waals surface area contributed by atoms with Gasteiger partial charge in [-0.15, -0.1) is 0 Å². The summed E-state index contributed by atoms with van der Waals surface area (Å²) >= 11 is 0. The fraction of sp³-hybridized carbons (Fsp3) is 0.667. The quantitative estimate of drug-likeness (QED) is 0.793. The van der Waals surface area contributed by atoms with Crippen LogP contribution in [-0.2, 0) is 14.8 Å². The van der Waals surface area contributed by atoms with Gasteiger partial charge in [-0.1, -0.05) is 38.3 Å². The minimum atomic E-state index is -3.48. The van der Waals surface area contributed by atoms with Gasteiger partial charge in [-0.05, 0) is 48.8 Å². The van der Waals surface area contributed by atoms with E-state index in [1.165, 1.54) is 42.0 Å². The number of hydrogen-bond acceptors (Lipinski definition) is 3. The lowest BCUT2D eigenvalue weighted by Crippen LogP contribution is -2.51. The number of carbonyl (C=O) groups excluding carboxylic acids is 1. The third-order valence-electron chi connectivity index (χ3n) is 6.57. The highest BCUT2D eigenvalue weighted by Gasteiger charge is 2.42. The standard InChI is InChI=1S/C21H30N2O3S/c1-16-15-20(16)21(24)22-11-13-23(14-12-22)27(25,26)19-9-7-18(8-10-19)17-5-3-2-4-6-17/h7-10,16-17,20H,2-6,11-15H2,1H3. The van der Waals surface area contributed by atoms with Gasteiger partial charge in [0.05, 0.1) is 4.90 Å². The van der Waals surface area contributed by atoms with Crippen LogP contribution in [0, 0.1) is 11.8 Å². The summed E-state index contributed by atoms with van der Waals surface area (Å²) < 4.78 is 27.5. The molecule has 1 aromatic rings. The van der Waals surface area contributed by atoms with Crippen LogP contribution in [-0.4, -0.2) is 49.7 Å². The highest BCUT2D eigenvalue weighted by atomic mass is 32.2. The molecule has 3 aliphatic rings. The minimum Gasteiger partial charge on any atom is -0.340 e. The predicted molar refractivity (Wildman–Crippen MR) is 105 cm³/mol. The molecule has 1 saturated heterocycles. The molecule has 27 heavy (non-hydrogen) atoms. The van der Waals surface area contributed by atoms with E-state index in [0.29, 0.717) is 42.9 Å². The van der Waals surface area contributed by atoms with Gasteiger partial charge >= 0.3 is 0 Å². The van der Waals surface area contributed by atoms with Crippen molar-refractivity contribution in [3.63, 3.8) is 0 Å². The summed E-state index contributed by atoms with van der Waals surface area (Å²) in [7, 11) is -3.48. The molecule has 2 atom stereocenters. The maximum absolute atomic E-state index is 13.0. The van der Waals surface area contributed by atoms with Crippen LogP contribution in [0.2, 0.25) is 0 Å². The Morgan fingerprint density at radius 3 is 2.11 bits per heavy atom. The first-order valence-corrected chi connectivity index (χ1v) is 11.8. The lowest BCUT2D eigenvalue weighted by molar-refractivity contribution is -0.134. The second-order valence-electron chi connectivity index (χ2n) is 8.45. The Balaban J connectivity index is 1.39. The molecule has 6 heteroatoms. The molecule has 148 valence electrons. The van der Waals surface area contributed by atoms with Gasteiger partial charge in [-0.2, -0.15) is 4.31 Å². The summed E-state index contributed by atoms with van der Waals surface area (Å²) in [6.07, 6.45) is 7.26. The van der Waals surface area contributed by atoms with Gasteiger partial charge < -0.3 is 4.90 Å². The zero-order valence-electron chi connectivity index (χ0n) is 16.1. The molecule has 0 spiro atoms. The number of piperazine rings is 1. The van der Waals surface area contributed by atoms with Gasteiger partial charge in [0.1, 0.15) is 0 Å². The van der Waals surface area contributed by atoms with Crippen molar-refractivity contribution in [1.82, 2.24) is 9.21 Å². The molecule has 3 fully saturated rings. The predicted octanol–water partition coefficient (Wildman–Crippen LogP) is 3.22. The van der Waals surface area contributed by atoms with Crippen molar-refractivity contribution in [3.05, 3.63) is 29.8 Å². The summed E-state index contributed by atoms with van der Waals surface area (Å²) in [6.45, 7) is 3.88. The van der Waals surface area contributed by atoms with Crippen LogP contribution in [0.3, 0.4) is 0 Å². The zero-order chi connectivity index (χ0) is 19.0. The highest BCUT2D eigenvalue weighted by Crippen LogP contribution is 2.39. The van der Waals surface area contributed by atoms with Gasteiger partial charge in [0, 0.05) is 32.1 Å². The molecule has 4 rings (SSSR count). The number of rotatable bonds is 4. The van der Waals surface area contributed by atoms with Gasteiger partial charge in [-0.25, -0.2) is 8.42 Å². The number of benzene rings is 1. The Kier molecular flexibility index (Phi) is 5.30. The lowest BCUT2D eigenvalue weighted by Gasteiger charge is -2.34. The Bertz CT molecular complexity index is 776. The molecule has 0 N–H and O–H groups in total. The second-order valence-corrected chi connectivity index (χ2v) is 10.4. The minimum absolute atomic E-state index is 0.167. The largest absolute Gasteiger partial charge is 0.340 e. The molecule has 1 heterocycles. The third kappa shape index (κ3) is 3.92. The maximum Gasteiger partial charge on any atom is 0.243 e. The van der Waals surface area contributed by atoms with E-state index in [9.17, 15) is 13.2 Å². The van der Waals surface area contributed by atoms with Crippen molar-refractivity contribution in [1.29, 1.82) is 0 Å². The first-order chi connectivity index (χ1) is 13.0. The highest BCUT2D eigenvalue weighted by molar-refractivity contribution is 7.89. The van der Waals surface area contributed by atoms with Crippen LogP contribution in [0.1, 0.15) is 56.9 Å². The van der Waals surface area contributed by atoms with E-state index in [0.717, 1.165) is 6.42 Å². The normalized spacial score (nSPS) is 27.5. The van der Waals surface area contributed by atoms with Gasteiger partial charge in [-0.3, -0.25) is 4.79 Å². The summed E-state index contributed by atoms with van der Waals surface area (Å²) in [4.78, 5) is 14.6. The average Bonchev–Trinajstić information content (AvgIpc) is 3.45. The van der Waals surface area contributed by atoms with Crippen molar-refractivity contribution in [2.75, 3.05) is 26.2 Å². The van der Waals surface area contributed by atoms with Crippen molar-refractivity contribution in [2.24, 2.45) is 11.8 Å². The smallest absolute Gasteiger partial charge is 0.243 e. The topological polar surface area (TPSA) is 57.7 Å². The molecule has 2 saturated carbocycles. The number of hydrogen-bond donors (Lipinski definition) is 0. The zero-order valence-corrected chi connectivity index (χ0v) is 17.0. The van der Waals surface area contributed by atoms with Crippen molar-refractivity contribution < 1.29 is 13.2 Å². The SMILES string of the molecule is CC1CC1C(=O)N1CCN(S(=O)(=O)c2ccc(C3CCCCC3)cc2)CC1. The van der Waals surface area contributed by atoms with Crippen LogP contribution in [0.4, 0.5) is 0 Å². The van der Waals surface area contributed by atoms with Crippen LogP contribution in [0.15, 0.2) is 29.2 Å². The fourth-order valence-corrected chi connectivity index (χ4v) is 5.97. The summed E-state index contributed by atoms with van der Waals surface area (Å²) in [6, 6.07) is 7.53. The van der Waals surface area contributed by atoms with E-state index >= 15 is 0 Å². The first kappa shape index (κ1) is 18.9. The molecule has 0 aromatic heterocycles. The van der Waals surface area contributed by atoms with Crippen molar-refractivity contribution >= 4 is 15.9 Å². The number of sulfonamides is 1. The van der Waals surface area contributed by atoms with Gasteiger partial charge in [0.15, 0.2) is 0 Å². The first-order valence-electron chi connectivity index (χ1n) is 10.4. The van der Waals surface area contributed by atoms with E-state index in [2.05, 4.69) is 6.92 Å². The molecule has 5 nitrogen and oxygen atoms in total. The average molecular weight is 391 g/mol. The Morgan fingerprint density at radius 2 is 1.56 bits per heavy atom. The molecule has 0 bridgehead atoms. The lowest BCUT2D eigenvalue weighted by atomic mass is 9.84. The van der Waals surface area contributed by atoms with Crippen molar-refractivity contribution in [3.8, 4) is 0 Å². The van der Waals surface area contributed by atoms with Crippen LogP contribution < -0.4 is 0 Å². The molecule has 2 unspecified atom stereocenters. The van der Waals surface area contributed by atoms with E-state index in [4.69, 9.17) is 0 Å². The summed E-state index contributed by atoms with van der Waals surface area (Å²) in [5.41, 5.74) is 1.27. The molecule has 1 aliphatic heterocycles. The summed E-state index contributed by atoms with van der Waals surface area (Å²) in [5, 5.41) is 0. The van der Waals surface area contributed by atoms with E-state index in [1.807, 2.05) is 17.0 Å². The molecule has 0 radical (unpaired) electrons. The van der Waals surface area contributed by atoms with E-state index in [1.54, 1.807) is 12.1 Å². The maximum atomic E-state index is 13.0. The Morgan fingerprint density at radius 1 is 0.963 bits per heavy atom. The molecule has 1 amide bonds. The Hall–Kier alpha value is -1.40. The Labute approximate surface area is 162 Å².